The Morgan fingerprint density at radius 3 is 1.52 bits per heavy atom. The van der Waals surface area contributed by atoms with E-state index in [-0.39, 0.29) is 0 Å². The monoisotopic (exact) mass is 691 g/mol. The van der Waals surface area contributed by atoms with Gasteiger partial charge in [0.1, 0.15) is 22.3 Å². The van der Waals surface area contributed by atoms with Crippen molar-refractivity contribution in [2.24, 2.45) is 0 Å². The van der Waals surface area contributed by atoms with Crippen LogP contribution in [0.4, 0.5) is 0 Å². The summed E-state index contributed by atoms with van der Waals surface area (Å²) in [4.78, 5) is 15.8. The van der Waals surface area contributed by atoms with Crippen LogP contribution in [0.1, 0.15) is 0 Å². The molecule has 11 aromatic rings. The Balaban J connectivity index is 1.22. The second-order valence-electron chi connectivity index (χ2n) is 13.6. The number of fused-ring (bicyclic) bond motifs is 8. The van der Waals surface area contributed by atoms with Crippen LogP contribution >= 0.6 is 0 Å². The molecule has 0 radical (unpaired) electrons. The number of hydrogen-bond acceptors (Lipinski definition) is 5. The number of nitrogens with zero attached hydrogens (tertiary/aromatic N) is 3. The Morgan fingerprint density at radius 1 is 0.296 bits per heavy atom. The second kappa shape index (κ2) is 12.1. The molecule has 0 aliphatic heterocycles. The van der Waals surface area contributed by atoms with Crippen LogP contribution in [0.3, 0.4) is 0 Å². The molecule has 5 heteroatoms. The summed E-state index contributed by atoms with van der Waals surface area (Å²) < 4.78 is 13.0. The van der Waals surface area contributed by atoms with Crippen LogP contribution in [0.25, 0.3) is 111 Å². The fourth-order valence-corrected chi connectivity index (χ4v) is 7.79. The molecule has 11 rings (SSSR count). The van der Waals surface area contributed by atoms with Gasteiger partial charge in [0.15, 0.2) is 17.5 Å². The van der Waals surface area contributed by atoms with Crippen LogP contribution < -0.4 is 0 Å². The van der Waals surface area contributed by atoms with Gasteiger partial charge in [-0.15, -0.1) is 0 Å². The summed E-state index contributed by atoms with van der Waals surface area (Å²) in [6.07, 6.45) is 0. The van der Waals surface area contributed by atoms with Gasteiger partial charge in [0.2, 0.25) is 0 Å². The van der Waals surface area contributed by atoms with E-state index in [1.54, 1.807) is 0 Å². The molecule has 0 unspecified atom stereocenters. The van der Waals surface area contributed by atoms with Gasteiger partial charge >= 0.3 is 0 Å². The van der Waals surface area contributed by atoms with E-state index < -0.39 is 0 Å². The van der Waals surface area contributed by atoms with Crippen LogP contribution in [0.15, 0.2) is 185 Å². The Bertz CT molecular complexity index is 3160. The largest absolute Gasteiger partial charge is 0.456 e. The molecular formula is C49H29N3O2. The third kappa shape index (κ3) is 4.90. The number of hydrogen-bond donors (Lipinski definition) is 0. The molecule has 0 aliphatic carbocycles. The Kier molecular flexibility index (Phi) is 6.79. The van der Waals surface area contributed by atoms with Crippen molar-refractivity contribution in [1.82, 2.24) is 15.0 Å². The molecule has 0 aliphatic rings. The van der Waals surface area contributed by atoms with Crippen molar-refractivity contribution in [3.8, 4) is 56.4 Å². The van der Waals surface area contributed by atoms with E-state index >= 15 is 0 Å². The highest BCUT2D eigenvalue weighted by Gasteiger charge is 2.21. The van der Waals surface area contributed by atoms with Crippen molar-refractivity contribution in [3.05, 3.63) is 176 Å². The van der Waals surface area contributed by atoms with E-state index in [0.29, 0.717) is 17.5 Å². The van der Waals surface area contributed by atoms with Gasteiger partial charge < -0.3 is 8.83 Å². The average Bonchev–Trinajstić information content (AvgIpc) is 3.82. The Hall–Kier alpha value is -7.37. The zero-order valence-electron chi connectivity index (χ0n) is 28.9. The molecule has 0 fully saturated rings. The topological polar surface area (TPSA) is 65.0 Å². The molecule has 0 saturated carbocycles. The molecule has 5 nitrogen and oxygen atoms in total. The molecule has 3 heterocycles. The number of para-hydroxylation sites is 3. The summed E-state index contributed by atoms with van der Waals surface area (Å²) in [6.45, 7) is 0. The molecule has 54 heavy (non-hydrogen) atoms. The molecule has 3 aromatic heterocycles. The lowest BCUT2D eigenvalue weighted by Crippen LogP contribution is -2.01. The Morgan fingerprint density at radius 2 is 0.815 bits per heavy atom. The second-order valence-corrected chi connectivity index (χ2v) is 13.6. The lowest BCUT2D eigenvalue weighted by atomic mass is 9.95. The van der Waals surface area contributed by atoms with Crippen LogP contribution in [0, 0.1) is 0 Å². The van der Waals surface area contributed by atoms with E-state index in [1.807, 2.05) is 54.6 Å². The van der Waals surface area contributed by atoms with Gasteiger partial charge in [0.25, 0.3) is 0 Å². The van der Waals surface area contributed by atoms with Crippen molar-refractivity contribution in [3.63, 3.8) is 0 Å². The zero-order chi connectivity index (χ0) is 35.6. The number of rotatable bonds is 5. The summed E-state index contributed by atoms with van der Waals surface area (Å²) in [5.74, 6) is 1.64. The lowest BCUT2D eigenvalue weighted by Gasteiger charge is -2.13. The maximum atomic E-state index is 6.53. The molecule has 0 saturated heterocycles. The van der Waals surface area contributed by atoms with E-state index in [1.165, 1.54) is 0 Å². The molecule has 0 spiro atoms. The molecule has 8 aromatic carbocycles. The summed E-state index contributed by atoms with van der Waals surface area (Å²) >= 11 is 0. The van der Waals surface area contributed by atoms with Crippen LogP contribution in [-0.4, -0.2) is 15.0 Å². The first-order valence-electron chi connectivity index (χ1n) is 18.0. The molecular weight excluding hydrogens is 663 g/mol. The average molecular weight is 692 g/mol. The summed E-state index contributed by atoms with van der Waals surface area (Å²) in [6, 6.07) is 60.4. The number of aromatic nitrogens is 3. The summed E-state index contributed by atoms with van der Waals surface area (Å²) in [7, 11) is 0. The number of furan rings is 2. The van der Waals surface area contributed by atoms with Crippen molar-refractivity contribution < 1.29 is 8.83 Å². The van der Waals surface area contributed by atoms with E-state index in [0.717, 1.165) is 93.6 Å². The first-order chi connectivity index (χ1) is 26.7. The van der Waals surface area contributed by atoms with Crippen LogP contribution in [0.2, 0.25) is 0 Å². The molecule has 0 atom stereocenters. The van der Waals surface area contributed by atoms with Gasteiger partial charge in [-0.2, -0.15) is 0 Å². The van der Waals surface area contributed by atoms with Gasteiger partial charge in [0.05, 0.1) is 5.56 Å². The minimum atomic E-state index is 0.528. The fraction of sp³-hybridized carbons (Fsp3) is 0. The Labute approximate surface area is 309 Å². The van der Waals surface area contributed by atoms with Gasteiger partial charge in [-0.25, -0.2) is 15.0 Å². The van der Waals surface area contributed by atoms with Crippen LogP contribution in [0.5, 0.6) is 0 Å². The van der Waals surface area contributed by atoms with Crippen LogP contribution in [-0.2, 0) is 0 Å². The maximum absolute atomic E-state index is 6.53. The molecule has 0 bridgehead atoms. The van der Waals surface area contributed by atoms with Crippen molar-refractivity contribution in [2.75, 3.05) is 0 Å². The SMILES string of the molecule is c1ccc(-c2cc(-c3ccccc3)cc(-c3nc(-c4cc5oc6ccccc6c5c5ccccc45)nc(-c4cccc5c4oc4ccccc45)n3)c2)cc1. The van der Waals surface area contributed by atoms with Crippen molar-refractivity contribution >= 4 is 54.6 Å². The smallest absolute Gasteiger partial charge is 0.167 e. The highest BCUT2D eigenvalue weighted by Crippen LogP contribution is 2.41. The van der Waals surface area contributed by atoms with Gasteiger partial charge in [-0.05, 0) is 75.5 Å². The predicted octanol–water partition coefficient (Wildman–Crippen LogP) is 13.2. The predicted molar refractivity (Wildman–Crippen MR) is 219 cm³/mol. The molecule has 252 valence electrons. The van der Waals surface area contributed by atoms with Crippen molar-refractivity contribution in [1.29, 1.82) is 0 Å². The quantitative estimate of drug-likeness (QED) is 0.180. The maximum Gasteiger partial charge on any atom is 0.167 e. The summed E-state index contributed by atoms with van der Waals surface area (Å²) in [5.41, 5.74) is 10.1. The first-order valence-corrected chi connectivity index (χ1v) is 18.0. The van der Waals surface area contributed by atoms with Gasteiger partial charge in [0, 0.05) is 32.7 Å². The third-order valence-electron chi connectivity index (χ3n) is 10.3. The first kappa shape index (κ1) is 30.3. The third-order valence-corrected chi connectivity index (χ3v) is 10.3. The van der Waals surface area contributed by atoms with E-state index in [4.69, 9.17) is 23.8 Å². The number of benzene rings is 8. The zero-order valence-corrected chi connectivity index (χ0v) is 28.9. The lowest BCUT2D eigenvalue weighted by molar-refractivity contribution is 0.669. The highest BCUT2D eigenvalue weighted by atomic mass is 16.3. The van der Waals surface area contributed by atoms with Gasteiger partial charge in [-0.1, -0.05) is 133 Å². The fourth-order valence-electron chi connectivity index (χ4n) is 7.79. The minimum absolute atomic E-state index is 0.528. The van der Waals surface area contributed by atoms with Crippen molar-refractivity contribution in [2.45, 2.75) is 0 Å². The van der Waals surface area contributed by atoms with E-state index in [2.05, 4.69) is 121 Å². The molecule has 0 N–H and O–H groups in total. The molecule has 0 amide bonds. The summed E-state index contributed by atoms with van der Waals surface area (Å²) in [5, 5.41) is 6.33. The standard InChI is InChI=1S/C49H29N3O2/c1-3-14-30(15-4-1)32-26-33(31-16-5-2-6-17-31)28-34(27-32)47-50-48(40-23-13-22-38-36-19-9-11-24-42(36)54-46(38)40)52-49(51-47)41-29-44-45(37-20-8-7-18-35(37)41)39-21-10-12-25-43(39)53-44/h1-29H. The van der Waals surface area contributed by atoms with E-state index in [9.17, 15) is 0 Å². The normalized spacial score (nSPS) is 11.7. The highest BCUT2D eigenvalue weighted by molar-refractivity contribution is 6.21. The minimum Gasteiger partial charge on any atom is -0.456 e. The van der Waals surface area contributed by atoms with Gasteiger partial charge in [-0.3, -0.25) is 0 Å².